The van der Waals surface area contributed by atoms with E-state index in [9.17, 15) is 13.2 Å². The maximum atomic E-state index is 13.0. The molecule has 0 radical (unpaired) electrons. The largest absolute Gasteiger partial charge is 0.468 e. The molecule has 0 saturated heterocycles. The highest BCUT2D eigenvalue weighted by Crippen LogP contribution is 2.30. The number of nitrogens with zero attached hydrogens (tertiary/aromatic N) is 1. The van der Waals surface area contributed by atoms with Gasteiger partial charge in [-0.15, -0.1) is 0 Å². The van der Waals surface area contributed by atoms with Gasteiger partial charge in [0.05, 0.1) is 22.7 Å². The number of aryl methyl sites for hydroxylation is 1. The second-order valence-electron chi connectivity index (χ2n) is 5.00. The lowest BCUT2D eigenvalue weighted by Gasteiger charge is -2.23. The Bertz CT molecular complexity index is 853. The number of carbonyl (C=O) groups excluding carboxylic acids is 1. The predicted molar refractivity (Wildman–Crippen MR) is 96.9 cm³/mol. The van der Waals surface area contributed by atoms with Crippen molar-refractivity contribution in [3.05, 3.63) is 57.5 Å². The smallest absolute Gasteiger partial charge is 0.326 e. The molecular formula is C16H15BrClNO4S. The van der Waals surface area contributed by atoms with Gasteiger partial charge in [-0.05, 0) is 53.2 Å². The zero-order valence-corrected chi connectivity index (χ0v) is 16.2. The lowest BCUT2D eigenvalue weighted by Crippen LogP contribution is -2.36. The summed E-state index contributed by atoms with van der Waals surface area (Å²) in [5.74, 6) is -0.676. The first-order valence-electron chi connectivity index (χ1n) is 6.87. The van der Waals surface area contributed by atoms with Crippen LogP contribution in [0.1, 0.15) is 5.56 Å². The van der Waals surface area contributed by atoms with Crippen LogP contribution in [0.4, 0.5) is 5.69 Å². The van der Waals surface area contributed by atoms with Gasteiger partial charge >= 0.3 is 5.97 Å². The molecule has 0 unspecified atom stereocenters. The first-order chi connectivity index (χ1) is 11.3. The molecular weight excluding hydrogens is 418 g/mol. The summed E-state index contributed by atoms with van der Waals surface area (Å²) in [5, 5.41) is 0.335. The Kier molecular flexibility index (Phi) is 5.90. The van der Waals surface area contributed by atoms with E-state index in [0.29, 0.717) is 9.50 Å². The number of benzene rings is 2. The van der Waals surface area contributed by atoms with Gasteiger partial charge < -0.3 is 4.74 Å². The second-order valence-corrected chi connectivity index (χ2v) is 8.12. The number of hydrogen-bond acceptors (Lipinski definition) is 4. The van der Waals surface area contributed by atoms with Crippen LogP contribution in [-0.2, 0) is 19.6 Å². The maximum Gasteiger partial charge on any atom is 0.326 e. The molecule has 8 heteroatoms. The van der Waals surface area contributed by atoms with Gasteiger partial charge in [0, 0.05) is 4.47 Å². The van der Waals surface area contributed by atoms with Crippen molar-refractivity contribution in [3.63, 3.8) is 0 Å². The molecule has 0 amide bonds. The van der Waals surface area contributed by atoms with Crippen molar-refractivity contribution in [2.75, 3.05) is 18.0 Å². The van der Waals surface area contributed by atoms with Gasteiger partial charge in [0.15, 0.2) is 0 Å². The van der Waals surface area contributed by atoms with Crippen molar-refractivity contribution in [2.24, 2.45) is 0 Å². The lowest BCUT2D eigenvalue weighted by molar-refractivity contribution is -0.138. The molecule has 0 aromatic heterocycles. The Labute approximate surface area is 154 Å². The number of methoxy groups -OCH3 is 1. The standard InChI is InChI=1S/C16H15BrClNO4S/c1-11-3-6-13(7-4-11)24(21,22)19(10-16(20)23-2)12-5-8-14(17)15(18)9-12/h3-9H,10H2,1-2H3. The Morgan fingerprint density at radius 1 is 1.21 bits per heavy atom. The van der Waals surface area contributed by atoms with Crippen LogP contribution in [0.2, 0.25) is 5.02 Å². The molecule has 0 heterocycles. The normalized spacial score (nSPS) is 11.2. The van der Waals surface area contributed by atoms with Crippen molar-refractivity contribution in [1.29, 1.82) is 0 Å². The van der Waals surface area contributed by atoms with Crippen molar-refractivity contribution in [1.82, 2.24) is 0 Å². The number of sulfonamides is 1. The lowest BCUT2D eigenvalue weighted by atomic mass is 10.2. The Morgan fingerprint density at radius 3 is 2.38 bits per heavy atom. The van der Waals surface area contributed by atoms with E-state index in [2.05, 4.69) is 20.7 Å². The van der Waals surface area contributed by atoms with Crippen LogP contribution in [0.3, 0.4) is 0 Å². The first-order valence-corrected chi connectivity index (χ1v) is 9.48. The molecule has 0 atom stereocenters. The highest BCUT2D eigenvalue weighted by Gasteiger charge is 2.27. The van der Waals surface area contributed by atoms with Crippen LogP contribution in [-0.4, -0.2) is 28.0 Å². The summed E-state index contributed by atoms with van der Waals surface area (Å²) in [5.41, 5.74) is 1.20. The van der Waals surface area contributed by atoms with Gasteiger partial charge in [-0.2, -0.15) is 0 Å². The monoisotopic (exact) mass is 431 g/mol. The average Bonchev–Trinajstić information content (AvgIpc) is 2.55. The minimum Gasteiger partial charge on any atom is -0.468 e. The summed E-state index contributed by atoms with van der Waals surface area (Å²) in [7, 11) is -2.75. The van der Waals surface area contributed by atoms with Crippen molar-refractivity contribution >= 4 is 49.2 Å². The van der Waals surface area contributed by atoms with Gasteiger partial charge in [0.2, 0.25) is 0 Å². The summed E-state index contributed by atoms with van der Waals surface area (Å²) in [6.45, 7) is 1.40. The van der Waals surface area contributed by atoms with E-state index in [1.807, 2.05) is 6.92 Å². The molecule has 0 aliphatic carbocycles. The summed E-state index contributed by atoms with van der Waals surface area (Å²) in [6.07, 6.45) is 0. The molecule has 5 nitrogen and oxygen atoms in total. The van der Waals surface area contributed by atoms with E-state index >= 15 is 0 Å². The molecule has 2 aromatic rings. The van der Waals surface area contributed by atoms with E-state index in [1.165, 1.54) is 25.3 Å². The topological polar surface area (TPSA) is 63.7 Å². The number of carbonyl (C=O) groups is 1. The highest BCUT2D eigenvalue weighted by molar-refractivity contribution is 9.10. The van der Waals surface area contributed by atoms with Crippen LogP contribution in [0, 0.1) is 6.92 Å². The Hall–Kier alpha value is -1.57. The Morgan fingerprint density at radius 2 is 1.83 bits per heavy atom. The van der Waals surface area contributed by atoms with Crippen molar-refractivity contribution < 1.29 is 17.9 Å². The van der Waals surface area contributed by atoms with Crippen LogP contribution >= 0.6 is 27.5 Å². The molecule has 2 aromatic carbocycles. The second kappa shape index (κ2) is 7.55. The van der Waals surface area contributed by atoms with Crippen LogP contribution in [0.15, 0.2) is 51.8 Å². The van der Waals surface area contributed by atoms with E-state index < -0.39 is 22.5 Å². The zero-order chi connectivity index (χ0) is 17.9. The Balaban J connectivity index is 2.54. The van der Waals surface area contributed by atoms with Gasteiger partial charge in [0.25, 0.3) is 10.0 Å². The maximum absolute atomic E-state index is 13.0. The summed E-state index contributed by atoms with van der Waals surface area (Å²) >= 11 is 9.32. The third-order valence-electron chi connectivity index (χ3n) is 3.30. The molecule has 0 saturated carbocycles. The molecule has 128 valence electrons. The summed E-state index contributed by atoms with van der Waals surface area (Å²) < 4.78 is 32.1. The fourth-order valence-electron chi connectivity index (χ4n) is 1.97. The fraction of sp³-hybridized carbons (Fsp3) is 0.188. The molecule has 0 aliphatic heterocycles. The number of anilines is 1. The summed E-state index contributed by atoms with van der Waals surface area (Å²) in [4.78, 5) is 11.8. The third kappa shape index (κ3) is 4.09. The molecule has 0 bridgehead atoms. The number of hydrogen-bond donors (Lipinski definition) is 0. The van der Waals surface area contributed by atoms with E-state index in [4.69, 9.17) is 11.6 Å². The number of halogens is 2. The SMILES string of the molecule is COC(=O)CN(c1ccc(Br)c(Cl)c1)S(=O)(=O)c1ccc(C)cc1. The first kappa shape index (κ1) is 18.8. The van der Waals surface area contributed by atoms with Crippen molar-refractivity contribution in [3.8, 4) is 0 Å². The molecule has 0 fully saturated rings. The fourth-order valence-corrected chi connectivity index (χ4v) is 3.80. The van der Waals surface area contributed by atoms with E-state index in [0.717, 1.165) is 9.87 Å². The van der Waals surface area contributed by atoms with Gasteiger partial charge in [-0.1, -0.05) is 29.3 Å². The molecule has 0 aliphatic rings. The number of rotatable bonds is 5. The predicted octanol–water partition coefficient (Wildman–Crippen LogP) is 3.78. The average molecular weight is 433 g/mol. The number of ether oxygens (including phenoxy) is 1. The van der Waals surface area contributed by atoms with E-state index in [-0.39, 0.29) is 10.6 Å². The van der Waals surface area contributed by atoms with E-state index in [1.54, 1.807) is 24.3 Å². The minimum atomic E-state index is -3.95. The van der Waals surface area contributed by atoms with Gasteiger partial charge in [-0.25, -0.2) is 8.42 Å². The van der Waals surface area contributed by atoms with Crippen LogP contribution < -0.4 is 4.31 Å². The quantitative estimate of drug-likeness (QED) is 0.675. The van der Waals surface area contributed by atoms with Gasteiger partial charge in [-0.3, -0.25) is 9.10 Å². The summed E-state index contributed by atoms with van der Waals surface area (Å²) in [6, 6.07) is 11.0. The minimum absolute atomic E-state index is 0.0797. The highest BCUT2D eigenvalue weighted by atomic mass is 79.9. The zero-order valence-electron chi connectivity index (χ0n) is 13.0. The third-order valence-corrected chi connectivity index (χ3v) is 6.32. The van der Waals surface area contributed by atoms with Crippen LogP contribution in [0.5, 0.6) is 0 Å². The van der Waals surface area contributed by atoms with Crippen molar-refractivity contribution in [2.45, 2.75) is 11.8 Å². The molecule has 24 heavy (non-hydrogen) atoms. The van der Waals surface area contributed by atoms with Gasteiger partial charge in [0.1, 0.15) is 6.54 Å². The molecule has 0 N–H and O–H groups in total. The number of esters is 1. The van der Waals surface area contributed by atoms with Crippen LogP contribution in [0.25, 0.3) is 0 Å². The molecule has 2 rings (SSSR count). The molecule has 0 spiro atoms.